The Kier molecular flexibility index (Phi) is 5.78. The highest BCUT2D eigenvalue weighted by molar-refractivity contribution is 7.19. The predicted octanol–water partition coefficient (Wildman–Crippen LogP) is 6.35. The molecule has 0 aliphatic rings. The van der Waals surface area contributed by atoms with Crippen molar-refractivity contribution in [1.29, 1.82) is 0 Å². The molecular weight excluding hydrogens is 427 g/mol. The van der Waals surface area contributed by atoms with Crippen LogP contribution in [0.2, 0.25) is 5.02 Å². The number of fused-ring (bicyclic) bond motifs is 1. The van der Waals surface area contributed by atoms with Crippen LogP contribution < -0.4 is 4.74 Å². The van der Waals surface area contributed by atoms with Crippen LogP contribution >= 0.6 is 22.9 Å². The van der Waals surface area contributed by atoms with Gasteiger partial charge in [-0.25, -0.2) is 4.98 Å². The molecule has 29 heavy (non-hydrogen) atoms. The van der Waals surface area contributed by atoms with Crippen molar-refractivity contribution in [2.24, 2.45) is 0 Å². The smallest absolute Gasteiger partial charge is 0.433 e. The second-order valence-corrected chi connectivity index (χ2v) is 8.30. The van der Waals surface area contributed by atoms with Crippen LogP contribution in [-0.4, -0.2) is 16.1 Å². The zero-order chi connectivity index (χ0) is 21.5. The molecule has 3 rings (SSSR count). The summed E-state index contributed by atoms with van der Waals surface area (Å²) in [6, 6.07) is 5.60. The number of carbonyl (C=O) groups is 1. The van der Waals surface area contributed by atoms with Crippen molar-refractivity contribution in [3.8, 4) is 5.75 Å². The number of carboxylic acid groups (broad SMARTS) is 1. The van der Waals surface area contributed by atoms with Crippen LogP contribution in [0.25, 0.3) is 10.1 Å². The molecule has 0 aliphatic heterocycles. The molecule has 154 valence electrons. The van der Waals surface area contributed by atoms with E-state index >= 15 is 0 Å². The molecule has 0 bridgehead atoms. The summed E-state index contributed by atoms with van der Waals surface area (Å²) in [7, 11) is 0. The molecule has 0 amide bonds. The molecular formula is C20H17ClF3NO3S. The van der Waals surface area contributed by atoms with E-state index in [1.807, 2.05) is 6.92 Å². The lowest BCUT2D eigenvalue weighted by atomic mass is 9.98. The number of pyridine rings is 1. The summed E-state index contributed by atoms with van der Waals surface area (Å²) in [4.78, 5) is 15.9. The Morgan fingerprint density at radius 3 is 2.59 bits per heavy atom. The number of aromatic nitrogens is 1. The highest BCUT2D eigenvalue weighted by Crippen LogP contribution is 2.42. The van der Waals surface area contributed by atoms with Gasteiger partial charge in [0, 0.05) is 26.2 Å². The van der Waals surface area contributed by atoms with Crippen LogP contribution in [0.3, 0.4) is 0 Å². The van der Waals surface area contributed by atoms with Crippen molar-refractivity contribution < 1.29 is 27.8 Å². The van der Waals surface area contributed by atoms with Crippen LogP contribution in [-0.2, 0) is 17.6 Å². The number of halogens is 4. The third kappa shape index (κ3) is 4.33. The average molecular weight is 444 g/mol. The third-order valence-electron chi connectivity index (χ3n) is 4.62. The minimum atomic E-state index is -4.50. The number of aliphatic carboxylic acids is 1. The fourth-order valence-electron chi connectivity index (χ4n) is 3.09. The SMILES string of the molecule is Cc1nc(C(F)(F)F)ccc1COc1cc(Cl)c2c(C(C)C(=O)O)c(C)sc2c1. The van der Waals surface area contributed by atoms with Crippen LogP contribution in [0.4, 0.5) is 13.2 Å². The first-order valence-electron chi connectivity index (χ1n) is 8.61. The Hall–Kier alpha value is -2.32. The summed E-state index contributed by atoms with van der Waals surface area (Å²) in [5, 5.41) is 10.4. The monoisotopic (exact) mass is 443 g/mol. The molecule has 2 aromatic heterocycles. The average Bonchev–Trinajstić information content (AvgIpc) is 2.95. The van der Waals surface area contributed by atoms with Gasteiger partial charge in [0.15, 0.2) is 0 Å². The van der Waals surface area contributed by atoms with E-state index < -0.39 is 23.8 Å². The molecule has 3 aromatic rings. The zero-order valence-corrected chi connectivity index (χ0v) is 17.3. The molecule has 4 nitrogen and oxygen atoms in total. The van der Waals surface area contributed by atoms with Crippen molar-refractivity contribution >= 4 is 39.0 Å². The number of hydrogen-bond donors (Lipinski definition) is 1. The van der Waals surface area contributed by atoms with E-state index in [4.69, 9.17) is 16.3 Å². The summed E-state index contributed by atoms with van der Waals surface area (Å²) < 4.78 is 44.7. The molecule has 9 heteroatoms. The maximum Gasteiger partial charge on any atom is 0.433 e. The molecule has 0 aliphatic carbocycles. The third-order valence-corrected chi connectivity index (χ3v) is 5.99. The first kappa shape index (κ1) is 21.4. The van der Waals surface area contributed by atoms with Crippen molar-refractivity contribution in [2.45, 2.75) is 39.5 Å². The van der Waals surface area contributed by atoms with Gasteiger partial charge >= 0.3 is 12.1 Å². The number of carboxylic acids is 1. The minimum Gasteiger partial charge on any atom is -0.489 e. The summed E-state index contributed by atoms with van der Waals surface area (Å²) in [5.41, 5.74) is 0.488. The Morgan fingerprint density at radius 2 is 2.00 bits per heavy atom. The van der Waals surface area contributed by atoms with Gasteiger partial charge in [-0.2, -0.15) is 13.2 Å². The van der Waals surface area contributed by atoms with Gasteiger partial charge < -0.3 is 9.84 Å². The van der Waals surface area contributed by atoms with E-state index in [0.29, 0.717) is 27.3 Å². The van der Waals surface area contributed by atoms with Crippen molar-refractivity contribution in [2.75, 3.05) is 0 Å². The molecule has 0 spiro atoms. The maximum atomic E-state index is 12.7. The van der Waals surface area contributed by atoms with E-state index in [9.17, 15) is 23.1 Å². The van der Waals surface area contributed by atoms with Gasteiger partial charge in [-0.05, 0) is 44.5 Å². The Bertz CT molecular complexity index is 1090. The predicted molar refractivity (Wildman–Crippen MR) is 106 cm³/mol. The van der Waals surface area contributed by atoms with Crippen molar-refractivity contribution in [3.63, 3.8) is 0 Å². The number of nitrogens with zero attached hydrogens (tertiary/aromatic N) is 1. The molecule has 0 saturated heterocycles. The number of hydrogen-bond acceptors (Lipinski definition) is 4. The van der Waals surface area contributed by atoms with Gasteiger partial charge in [0.05, 0.1) is 10.9 Å². The van der Waals surface area contributed by atoms with Gasteiger partial charge in [0.25, 0.3) is 0 Å². The fourth-order valence-corrected chi connectivity index (χ4v) is 4.67. The molecule has 2 heterocycles. The van der Waals surface area contributed by atoms with Gasteiger partial charge in [-0.15, -0.1) is 11.3 Å². The lowest BCUT2D eigenvalue weighted by Crippen LogP contribution is -2.10. The molecule has 1 unspecified atom stereocenters. The summed E-state index contributed by atoms with van der Waals surface area (Å²) in [6.45, 7) is 4.97. The van der Waals surface area contributed by atoms with E-state index in [0.717, 1.165) is 15.6 Å². The van der Waals surface area contributed by atoms with Crippen LogP contribution in [0.1, 0.15) is 40.2 Å². The summed E-state index contributed by atoms with van der Waals surface area (Å²) >= 11 is 7.83. The quantitative estimate of drug-likeness (QED) is 0.499. The second kappa shape index (κ2) is 7.84. The number of aryl methyl sites for hydroxylation is 2. The zero-order valence-electron chi connectivity index (χ0n) is 15.7. The van der Waals surface area contributed by atoms with Crippen LogP contribution in [0, 0.1) is 13.8 Å². The van der Waals surface area contributed by atoms with Crippen molar-refractivity contribution in [3.05, 3.63) is 56.7 Å². The standard InChI is InChI=1S/C20H17ClF3NO3S/c1-9(19(26)27)17-11(3)29-15-7-13(6-14(21)18(15)17)28-8-12-4-5-16(20(22,23)24)25-10(12)2/h4-7,9H,8H2,1-3H3,(H,26,27). The minimum absolute atomic E-state index is 0.0293. The van der Waals surface area contributed by atoms with E-state index in [-0.39, 0.29) is 12.3 Å². The summed E-state index contributed by atoms with van der Waals surface area (Å²) in [5.74, 6) is -1.19. The molecule has 1 atom stereocenters. The Morgan fingerprint density at radius 1 is 1.31 bits per heavy atom. The number of benzene rings is 1. The van der Waals surface area contributed by atoms with Gasteiger partial charge in [0.1, 0.15) is 18.1 Å². The highest BCUT2D eigenvalue weighted by atomic mass is 35.5. The maximum absolute atomic E-state index is 12.7. The van der Waals surface area contributed by atoms with Crippen LogP contribution in [0.5, 0.6) is 5.75 Å². The van der Waals surface area contributed by atoms with Gasteiger partial charge in [-0.1, -0.05) is 17.7 Å². The number of ether oxygens (including phenoxy) is 1. The van der Waals surface area contributed by atoms with E-state index in [2.05, 4.69) is 4.98 Å². The van der Waals surface area contributed by atoms with Gasteiger partial charge in [-0.3, -0.25) is 4.79 Å². The Balaban J connectivity index is 1.88. The summed E-state index contributed by atoms with van der Waals surface area (Å²) in [6.07, 6.45) is -4.50. The lowest BCUT2D eigenvalue weighted by molar-refractivity contribution is -0.141. The van der Waals surface area contributed by atoms with E-state index in [1.165, 1.54) is 24.3 Å². The molecule has 0 saturated carbocycles. The molecule has 1 N–H and O–H groups in total. The lowest BCUT2D eigenvalue weighted by Gasteiger charge is -2.12. The number of rotatable bonds is 5. The van der Waals surface area contributed by atoms with Gasteiger partial charge in [0.2, 0.25) is 0 Å². The fraction of sp³-hybridized carbons (Fsp3) is 0.300. The highest BCUT2D eigenvalue weighted by Gasteiger charge is 2.32. The topological polar surface area (TPSA) is 59.4 Å². The molecule has 1 aromatic carbocycles. The first-order valence-corrected chi connectivity index (χ1v) is 9.80. The Labute approximate surface area is 173 Å². The number of thiophene rings is 1. The molecule has 0 fully saturated rings. The van der Waals surface area contributed by atoms with Crippen LogP contribution in [0.15, 0.2) is 24.3 Å². The van der Waals surface area contributed by atoms with E-state index in [1.54, 1.807) is 19.1 Å². The molecule has 0 radical (unpaired) electrons. The second-order valence-electron chi connectivity index (χ2n) is 6.64. The number of alkyl halides is 3. The largest absolute Gasteiger partial charge is 0.489 e. The normalized spacial score (nSPS) is 12.9. The first-order chi connectivity index (χ1) is 13.5. The van der Waals surface area contributed by atoms with Crippen molar-refractivity contribution in [1.82, 2.24) is 4.98 Å².